The van der Waals surface area contributed by atoms with Gasteiger partial charge < -0.3 is 10.3 Å². The number of hydrogen-bond donors (Lipinski definition) is 2. The van der Waals surface area contributed by atoms with Crippen LogP contribution >= 0.6 is 0 Å². The average Bonchev–Trinajstić information content (AvgIpc) is 3.26. The molecule has 1 aliphatic rings. The molecule has 2 N–H and O–H groups in total. The number of fused-ring (bicyclic) bond motifs is 3. The molecule has 3 heterocycles. The summed E-state index contributed by atoms with van der Waals surface area (Å²) in [6.07, 6.45) is 0. The third-order valence-electron chi connectivity index (χ3n) is 5.09. The Labute approximate surface area is 154 Å². The Kier molecular flexibility index (Phi) is 2.69. The molecule has 6 rings (SSSR count). The summed E-state index contributed by atoms with van der Waals surface area (Å²) < 4.78 is 2.07. The van der Waals surface area contributed by atoms with Gasteiger partial charge >= 0.3 is 0 Å². The van der Waals surface area contributed by atoms with Crippen molar-refractivity contribution in [1.29, 1.82) is 0 Å². The van der Waals surface area contributed by atoms with Crippen molar-refractivity contribution in [2.75, 3.05) is 5.32 Å². The highest BCUT2D eigenvalue weighted by atomic mass is 16.1. The van der Waals surface area contributed by atoms with Crippen molar-refractivity contribution < 1.29 is 4.79 Å². The summed E-state index contributed by atoms with van der Waals surface area (Å²) in [5, 5.41) is 4.15. The first kappa shape index (κ1) is 14.3. The number of aromatic amines is 1. The summed E-state index contributed by atoms with van der Waals surface area (Å²) in [6.45, 7) is 0. The van der Waals surface area contributed by atoms with E-state index in [0.717, 1.165) is 44.8 Å². The summed E-state index contributed by atoms with van der Waals surface area (Å²) in [6, 6.07) is 23.7. The molecule has 0 radical (unpaired) electrons. The monoisotopic (exact) mass is 350 g/mol. The number of nitrogens with one attached hydrogen (secondary N) is 2. The Hall–Kier alpha value is -3.86. The van der Waals surface area contributed by atoms with Crippen LogP contribution in [0.15, 0.2) is 72.8 Å². The van der Waals surface area contributed by atoms with Gasteiger partial charge in [-0.05, 0) is 36.4 Å². The minimum atomic E-state index is -0.116. The number of amides is 1. The van der Waals surface area contributed by atoms with Crippen molar-refractivity contribution in [3.8, 4) is 17.2 Å². The maximum Gasteiger partial charge on any atom is 0.257 e. The van der Waals surface area contributed by atoms with E-state index >= 15 is 0 Å². The van der Waals surface area contributed by atoms with E-state index in [-0.39, 0.29) is 5.91 Å². The molecule has 3 aromatic carbocycles. The number of anilines is 1. The number of rotatable bonds is 1. The highest BCUT2D eigenvalue weighted by Gasteiger charge is 2.25. The van der Waals surface area contributed by atoms with Gasteiger partial charge in [0.25, 0.3) is 5.91 Å². The molecule has 27 heavy (non-hydrogen) atoms. The minimum Gasteiger partial charge on any atom is -0.352 e. The Morgan fingerprint density at radius 3 is 2.67 bits per heavy atom. The van der Waals surface area contributed by atoms with E-state index in [1.165, 1.54) is 0 Å². The number of imidazole rings is 1. The number of para-hydroxylation sites is 4. The first-order chi connectivity index (χ1) is 13.3. The fraction of sp³-hybridized carbons (Fsp3) is 0. The van der Waals surface area contributed by atoms with E-state index in [1.54, 1.807) is 0 Å². The number of carbonyl (C=O) groups is 1. The molecule has 0 bridgehead atoms. The number of benzene rings is 3. The Morgan fingerprint density at radius 2 is 1.74 bits per heavy atom. The van der Waals surface area contributed by atoms with Crippen LogP contribution in [-0.2, 0) is 0 Å². The van der Waals surface area contributed by atoms with Crippen molar-refractivity contribution >= 4 is 33.5 Å². The zero-order valence-electron chi connectivity index (χ0n) is 14.2. The molecule has 0 aliphatic carbocycles. The lowest BCUT2D eigenvalue weighted by Gasteiger charge is -2.11. The summed E-state index contributed by atoms with van der Waals surface area (Å²) in [7, 11) is 0. The van der Waals surface area contributed by atoms with Crippen molar-refractivity contribution in [2.24, 2.45) is 0 Å². The van der Waals surface area contributed by atoms with Gasteiger partial charge in [-0.25, -0.2) is 4.98 Å². The van der Waals surface area contributed by atoms with Gasteiger partial charge in [-0.3, -0.25) is 9.36 Å². The maximum atomic E-state index is 12.8. The van der Waals surface area contributed by atoms with Gasteiger partial charge in [0.15, 0.2) is 5.82 Å². The summed E-state index contributed by atoms with van der Waals surface area (Å²) >= 11 is 0. The molecule has 0 saturated carbocycles. The molecule has 0 fully saturated rings. The van der Waals surface area contributed by atoms with Crippen molar-refractivity contribution in [3.63, 3.8) is 0 Å². The molecule has 5 heteroatoms. The summed E-state index contributed by atoms with van der Waals surface area (Å²) in [4.78, 5) is 21.1. The predicted molar refractivity (Wildman–Crippen MR) is 106 cm³/mol. The van der Waals surface area contributed by atoms with Gasteiger partial charge in [0.2, 0.25) is 0 Å². The second-order valence-electron chi connectivity index (χ2n) is 6.69. The molecule has 5 nitrogen and oxygen atoms in total. The van der Waals surface area contributed by atoms with Crippen LogP contribution < -0.4 is 5.32 Å². The van der Waals surface area contributed by atoms with Gasteiger partial charge in [0.1, 0.15) is 0 Å². The number of nitrogens with zero attached hydrogens (tertiary/aromatic N) is 2. The predicted octanol–water partition coefficient (Wildman–Crippen LogP) is 4.74. The third-order valence-corrected chi connectivity index (χ3v) is 5.09. The van der Waals surface area contributed by atoms with Crippen molar-refractivity contribution in [1.82, 2.24) is 14.5 Å². The molecule has 1 aliphatic heterocycles. The van der Waals surface area contributed by atoms with Crippen LogP contribution in [0.2, 0.25) is 0 Å². The lowest BCUT2D eigenvalue weighted by atomic mass is 10.1. The average molecular weight is 350 g/mol. The van der Waals surface area contributed by atoms with E-state index in [9.17, 15) is 4.79 Å². The van der Waals surface area contributed by atoms with Gasteiger partial charge in [0, 0.05) is 10.9 Å². The largest absolute Gasteiger partial charge is 0.352 e. The van der Waals surface area contributed by atoms with Crippen LogP contribution in [0, 0.1) is 0 Å². The minimum absolute atomic E-state index is 0.116. The first-order valence-electron chi connectivity index (χ1n) is 8.80. The highest BCUT2D eigenvalue weighted by molar-refractivity contribution is 6.14. The van der Waals surface area contributed by atoms with E-state index in [2.05, 4.69) is 27.0 Å². The van der Waals surface area contributed by atoms with Gasteiger partial charge in [-0.2, -0.15) is 0 Å². The first-order valence-corrected chi connectivity index (χ1v) is 8.80. The van der Waals surface area contributed by atoms with Crippen LogP contribution in [0.3, 0.4) is 0 Å². The van der Waals surface area contributed by atoms with E-state index in [0.29, 0.717) is 5.56 Å². The second kappa shape index (κ2) is 5.08. The number of carbonyl (C=O) groups excluding carboxylic acids is 1. The standard InChI is InChI=1S/C22H14N4O/c27-22-14-7-5-10-17-20(14)26(19-11-4-3-9-16(19)25-22)21(24-17)18-12-13-6-1-2-8-15(13)23-18/h1-12,23H,(H,25,27). The molecule has 128 valence electrons. The topological polar surface area (TPSA) is 62.7 Å². The fourth-order valence-corrected chi connectivity index (χ4v) is 3.88. The molecule has 0 atom stereocenters. The molecule has 1 amide bonds. The van der Waals surface area contributed by atoms with E-state index < -0.39 is 0 Å². The smallest absolute Gasteiger partial charge is 0.257 e. The maximum absolute atomic E-state index is 12.8. The molecule has 0 saturated heterocycles. The Balaban J connectivity index is 1.77. The lowest BCUT2D eigenvalue weighted by molar-refractivity contribution is 0.102. The molecule has 5 aromatic rings. The molecular formula is C22H14N4O. The third kappa shape index (κ3) is 1.93. The van der Waals surface area contributed by atoms with Gasteiger partial charge in [0.05, 0.1) is 33.7 Å². The summed E-state index contributed by atoms with van der Waals surface area (Å²) in [5.74, 6) is 0.674. The quantitative estimate of drug-likeness (QED) is 0.459. The van der Waals surface area contributed by atoms with Gasteiger partial charge in [-0.15, -0.1) is 0 Å². The molecule has 2 aromatic heterocycles. The van der Waals surface area contributed by atoms with Gasteiger partial charge in [-0.1, -0.05) is 36.4 Å². The SMILES string of the molecule is O=C1Nc2ccccc2-n2c(-c3cc4ccccc4[nH]3)nc3cccc1c32. The van der Waals surface area contributed by atoms with Crippen LogP contribution in [0.25, 0.3) is 39.1 Å². The van der Waals surface area contributed by atoms with Crippen LogP contribution in [0.1, 0.15) is 10.4 Å². The zero-order valence-corrected chi connectivity index (χ0v) is 14.2. The fourth-order valence-electron chi connectivity index (χ4n) is 3.88. The Morgan fingerprint density at radius 1 is 0.889 bits per heavy atom. The number of hydrogen-bond acceptors (Lipinski definition) is 2. The Bertz CT molecular complexity index is 1340. The second-order valence-corrected chi connectivity index (χ2v) is 6.69. The molecule has 0 unspecified atom stereocenters. The van der Waals surface area contributed by atoms with Crippen LogP contribution in [0.4, 0.5) is 5.69 Å². The number of aromatic nitrogens is 3. The highest BCUT2D eigenvalue weighted by Crippen LogP contribution is 2.36. The van der Waals surface area contributed by atoms with Crippen molar-refractivity contribution in [2.45, 2.75) is 0 Å². The number of H-pyrrole nitrogens is 1. The van der Waals surface area contributed by atoms with Crippen LogP contribution in [0.5, 0.6) is 0 Å². The lowest BCUT2D eigenvalue weighted by Crippen LogP contribution is -2.10. The van der Waals surface area contributed by atoms with E-state index in [4.69, 9.17) is 4.98 Å². The summed E-state index contributed by atoms with van der Waals surface area (Å²) in [5.41, 5.74) is 5.91. The molecular weight excluding hydrogens is 336 g/mol. The molecule has 0 spiro atoms. The van der Waals surface area contributed by atoms with Crippen LogP contribution in [-0.4, -0.2) is 20.4 Å². The zero-order chi connectivity index (χ0) is 18.0. The van der Waals surface area contributed by atoms with Crippen molar-refractivity contribution in [3.05, 3.63) is 78.4 Å². The van der Waals surface area contributed by atoms with E-state index in [1.807, 2.05) is 60.7 Å². The normalized spacial score (nSPS) is 12.8.